The number of H-pyrrole nitrogens is 1. The number of hydrogen-bond acceptors (Lipinski definition) is 4. The summed E-state index contributed by atoms with van der Waals surface area (Å²) in [5.41, 5.74) is -0.316. The number of nitrogens with zero attached hydrogens (tertiary/aromatic N) is 1. The molecular weight excluding hydrogens is 212 g/mol. The molecule has 1 aromatic carbocycles. The molecule has 0 bridgehead atoms. The van der Waals surface area contributed by atoms with Crippen molar-refractivity contribution in [2.45, 2.75) is 0 Å². The van der Waals surface area contributed by atoms with Crippen LogP contribution in [0.4, 0.5) is 0 Å². The quantitative estimate of drug-likeness (QED) is 0.587. The number of para-hydroxylation sites is 2. The Morgan fingerprint density at radius 2 is 2.19 bits per heavy atom. The molecule has 82 valence electrons. The highest BCUT2D eigenvalue weighted by Gasteiger charge is 2.25. The average molecular weight is 221 g/mol. The Balaban J connectivity index is 2.67. The van der Waals surface area contributed by atoms with E-state index in [1.165, 1.54) is 11.8 Å². The van der Waals surface area contributed by atoms with Crippen molar-refractivity contribution < 1.29 is 18.7 Å². The van der Waals surface area contributed by atoms with Crippen LogP contribution in [0.3, 0.4) is 0 Å². The van der Waals surface area contributed by atoms with Crippen molar-refractivity contribution in [3.05, 3.63) is 40.4 Å². The van der Waals surface area contributed by atoms with Gasteiger partial charge in [0, 0.05) is 6.07 Å². The van der Waals surface area contributed by atoms with E-state index >= 15 is 0 Å². The van der Waals surface area contributed by atoms with E-state index in [0.29, 0.717) is 17.7 Å². The molecule has 0 saturated heterocycles. The zero-order valence-corrected chi connectivity index (χ0v) is 8.47. The summed E-state index contributed by atoms with van der Waals surface area (Å²) in [6.45, 7) is 0. The topological polar surface area (TPSA) is 76.2 Å². The highest BCUT2D eigenvalue weighted by molar-refractivity contribution is 5.68. The van der Waals surface area contributed by atoms with E-state index in [4.69, 9.17) is 4.74 Å². The first-order chi connectivity index (χ1) is 7.77. The van der Waals surface area contributed by atoms with Gasteiger partial charge in [-0.05, 0) is 16.0 Å². The molecule has 0 aliphatic carbocycles. The molecule has 0 aliphatic heterocycles. The van der Waals surface area contributed by atoms with Crippen molar-refractivity contribution >= 4 is 6.29 Å². The second kappa shape index (κ2) is 4.01. The molecule has 0 spiro atoms. The van der Waals surface area contributed by atoms with Crippen LogP contribution >= 0.6 is 0 Å². The number of carbonyl (C=O) groups excluding carboxylic acids is 1. The van der Waals surface area contributed by atoms with Crippen LogP contribution in [0, 0.1) is 0 Å². The minimum Gasteiger partial charge on any atom is -0.490 e. The summed E-state index contributed by atoms with van der Waals surface area (Å²) in [6, 6.07) is 6.94. The van der Waals surface area contributed by atoms with E-state index in [2.05, 4.69) is 9.79 Å². The van der Waals surface area contributed by atoms with Gasteiger partial charge in [-0.15, -0.1) is 0 Å². The molecule has 0 aliphatic rings. The van der Waals surface area contributed by atoms with Gasteiger partial charge >= 0.3 is 11.3 Å². The van der Waals surface area contributed by atoms with Gasteiger partial charge in [0.05, 0.1) is 7.11 Å². The minimum absolute atomic E-state index is 0.121. The molecule has 1 heterocycles. The van der Waals surface area contributed by atoms with Crippen LogP contribution in [0.2, 0.25) is 0 Å². The predicted molar refractivity (Wildman–Crippen MR) is 52.8 cm³/mol. The third kappa shape index (κ3) is 1.50. The fraction of sp³-hybridized carbons (Fsp3) is 0.100. The number of rotatable bonds is 3. The first kappa shape index (κ1) is 10.2. The molecule has 0 unspecified atom stereocenters. The Hall–Kier alpha value is -2.37. The smallest absolute Gasteiger partial charge is 0.438 e. The van der Waals surface area contributed by atoms with Crippen molar-refractivity contribution in [3.8, 4) is 11.4 Å². The zero-order chi connectivity index (χ0) is 11.5. The minimum atomic E-state index is -0.721. The van der Waals surface area contributed by atoms with E-state index in [0.717, 1.165) is 0 Å². The molecule has 0 atom stereocenters. The van der Waals surface area contributed by atoms with Gasteiger partial charge in [0.25, 0.3) is 5.69 Å². The average Bonchev–Trinajstić information content (AvgIpc) is 2.70. The Morgan fingerprint density at radius 3 is 2.88 bits per heavy atom. The molecule has 0 fully saturated rings. The lowest BCUT2D eigenvalue weighted by Crippen LogP contribution is -2.38. The predicted octanol–water partition coefficient (Wildman–Crippen LogP) is 0.0657. The van der Waals surface area contributed by atoms with Crippen molar-refractivity contribution in [2.75, 3.05) is 7.11 Å². The van der Waals surface area contributed by atoms with Crippen molar-refractivity contribution in [3.63, 3.8) is 0 Å². The number of methoxy groups -OCH3 is 1. The van der Waals surface area contributed by atoms with E-state index in [1.807, 2.05) is 0 Å². The molecule has 2 rings (SSSR count). The molecule has 0 radical (unpaired) electrons. The van der Waals surface area contributed by atoms with Crippen molar-refractivity contribution in [1.29, 1.82) is 0 Å². The number of nitrogens with one attached hydrogen (secondary N) is 1. The zero-order valence-electron chi connectivity index (χ0n) is 8.47. The fourth-order valence-electron chi connectivity index (χ4n) is 1.37. The Labute approximate surface area is 90.0 Å². The second-order valence-corrected chi connectivity index (χ2v) is 2.99. The number of aromatic amines is 1. The number of benzene rings is 1. The lowest BCUT2D eigenvalue weighted by Gasteiger charge is -1.99. The molecule has 1 aromatic heterocycles. The molecule has 6 nitrogen and oxygen atoms in total. The molecule has 0 saturated carbocycles. The van der Waals surface area contributed by atoms with Crippen LogP contribution in [-0.4, -0.2) is 18.7 Å². The number of aldehydes is 1. The summed E-state index contributed by atoms with van der Waals surface area (Å²) in [6.07, 6.45) is 0.425. The second-order valence-electron chi connectivity index (χ2n) is 2.99. The maximum absolute atomic E-state index is 11.2. The van der Waals surface area contributed by atoms with Gasteiger partial charge in [-0.3, -0.25) is 9.32 Å². The number of aromatic nitrogens is 2. The summed E-state index contributed by atoms with van der Waals surface area (Å²) in [7, 11) is 1.50. The first-order valence-electron chi connectivity index (χ1n) is 4.50. The lowest BCUT2D eigenvalue weighted by molar-refractivity contribution is -0.671. The summed E-state index contributed by atoms with van der Waals surface area (Å²) in [5.74, 6) is 0.521. The van der Waals surface area contributed by atoms with Gasteiger partial charge in [0.1, 0.15) is 0 Å². The summed E-state index contributed by atoms with van der Waals surface area (Å²) in [4.78, 5) is 21.9. The fourth-order valence-corrected chi connectivity index (χ4v) is 1.37. The third-order valence-corrected chi connectivity index (χ3v) is 2.12. The van der Waals surface area contributed by atoms with Gasteiger partial charge in [-0.25, -0.2) is 4.79 Å². The summed E-state index contributed by atoms with van der Waals surface area (Å²) in [5, 5.41) is 2.33. The highest BCUT2D eigenvalue weighted by atomic mass is 16.5. The Morgan fingerprint density at radius 1 is 1.44 bits per heavy atom. The summed E-state index contributed by atoms with van der Waals surface area (Å²) < 4.78 is 10.9. The van der Waals surface area contributed by atoms with Crippen LogP contribution in [0.5, 0.6) is 5.75 Å². The third-order valence-electron chi connectivity index (χ3n) is 2.12. The van der Waals surface area contributed by atoms with Crippen LogP contribution in [0.25, 0.3) is 5.69 Å². The van der Waals surface area contributed by atoms with E-state index in [-0.39, 0.29) is 5.69 Å². The van der Waals surface area contributed by atoms with Gasteiger partial charge < -0.3 is 4.74 Å². The Kier molecular flexibility index (Phi) is 2.55. The van der Waals surface area contributed by atoms with Crippen LogP contribution < -0.4 is 15.0 Å². The molecule has 16 heavy (non-hydrogen) atoms. The van der Waals surface area contributed by atoms with E-state index in [1.54, 1.807) is 24.3 Å². The van der Waals surface area contributed by atoms with Gasteiger partial charge in [-0.1, -0.05) is 12.1 Å². The maximum Gasteiger partial charge on any atom is 0.438 e. The molecule has 1 N–H and O–H groups in total. The molecular formula is C10H9N2O4+. The standard InChI is InChI=1S/C10H8N2O4/c1-15-9-5-3-2-4-7(9)12-8(6-13)10(14)16-11-12/h2-6H,1H3/p+1. The van der Waals surface area contributed by atoms with Crippen LogP contribution in [-0.2, 0) is 0 Å². The van der Waals surface area contributed by atoms with E-state index in [9.17, 15) is 9.59 Å². The number of ether oxygens (including phenoxy) is 1. The monoisotopic (exact) mass is 221 g/mol. The lowest BCUT2D eigenvalue weighted by atomic mass is 10.3. The number of hydrogen-bond donors (Lipinski definition) is 1. The van der Waals surface area contributed by atoms with Crippen molar-refractivity contribution in [1.82, 2.24) is 5.27 Å². The van der Waals surface area contributed by atoms with Gasteiger partial charge in [0.15, 0.2) is 5.75 Å². The van der Waals surface area contributed by atoms with Crippen LogP contribution in [0.1, 0.15) is 10.5 Å². The molecule has 6 heteroatoms. The maximum atomic E-state index is 11.2. The Bertz CT molecular complexity index is 570. The number of carbonyl (C=O) groups is 1. The first-order valence-corrected chi connectivity index (χ1v) is 4.50. The molecule has 0 amide bonds. The van der Waals surface area contributed by atoms with Crippen LogP contribution in [0.15, 0.2) is 33.6 Å². The summed E-state index contributed by atoms with van der Waals surface area (Å²) >= 11 is 0. The van der Waals surface area contributed by atoms with Gasteiger partial charge in [0.2, 0.25) is 6.29 Å². The highest BCUT2D eigenvalue weighted by Crippen LogP contribution is 2.16. The largest absolute Gasteiger partial charge is 0.490 e. The SMILES string of the molecule is COc1ccccc1-[n+]1[nH]oc(=O)c1C=O. The van der Waals surface area contributed by atoms with E-state index < -0.39 is 5.63 Å². The normalized spacial score (nSPS) is 10.1. The molecule has 2 aromatic rings. The van der Waals surface area contributed by atoms with Gasteiger partial charge in [-0.2, -0.15) is 0 Å². The van der Waals surface area contributed by atoms with Crippen molar-refractivity contribution in [2.24, 2.45) is 0 Å².